The van der Waals surface area contributed by atoms with Gasteiger partial charge >= 0.3 is 5.97 Å². The Bertz CT molecular complexity index is 657. The van der Waals surface area contributed by atoms with Gasteiger partial charge < -0.3 is 10.4 Å². The van der Waals surface area contributed by atoms with E-state index in [1.807, 2.05) is 0 Å². The maximum absolute atomic E-state index is 11.9. The van der Waals surface area contributed by atoms with Gasteiger partial charge in [-0.05, 0) is 44.9 Å². The molecule has 2 N–H and O–H groups in total. The van der Waals surface area contributed by atoms with Crippen molar-refractivity contribution in [1.29, 1.82) is 0 Å². The summed E-state index contributed by atoms with van der Waals surface area (Å²) >= 11 is 0. The average molecular weight is 341 g/mol. The van der Waals surface area contributed by atoms with Gasteiger partial charge in [0.1, 0.15) is 0 Å². The quantitative estimate of drug-likeness (QED) is 0.785. The average Bonchev–Trinajstić information content (AvgIpc) is 2.44. The summed E-state index contributed by atoms with van der Waals surface area (Å²) in [6.45, 7) is 4.98. The fourth-order valence-corrected chi connectivity index (χ4v) is 2.77. The minimum absolute atomic E-state index is 0.0877. The van der Waals surface area contributed by atoms with Crippen LogP contribution in [0.3, 0.4) is 0 Å². The Balaban J connectivity index is 2.39. The monoisotopic (exact) mass is 341 g/mol. The molecule has 1 amide bonds. The van der Waals surface area contributed by atoms with Crippen molar-refractivity contribution in [2.75, 3.05) is 12.3 Å². The number of carbonyl (C=O) groups is 2. The van der Waals surface area contributed by atoms with Gasteiger partial charge in [-0.25, -0.2) is 13.2 Å². The lowest BCUT2D eigenvalue weighted by Crippen LogP contribution is -2.36. The molecule has 1 rings (SSSR count). The fourth-order valence-electron chi connectivity index (χ4n) is 1.79. The van der Waals surface area contributed by atoms with Crippen LogP contribution in [0.1, 0.15) is 43.1 Å². The Morgan fingerprint density at radius 2 is 1.70 bits per heavy atom. The predicted octanol–water partition coefficient (Wildman–Crippen LogP) is 1.65. The lowest BCUT2D eigenvalue weighted by atomic mass is 10.1. The van der Waals surface area contributed by atoms with Crippen LogP contribution in [0.5, 0.6) is 0 Å². The zero-order valence-corrected chi connectivity index (χ0v) is 14.4. The van der Waals surface area contributed by atoms with Crippen LogP contribution in [0, 0.1) is 0 Å². The summed E-state index contributed by atoms with van der Waals surface area (Å²) in [6.07, 6.45) is 0.694. The van der Waals surface area contributed by atoms with Crippen LogP contribution in [0.25, 0.3) is 0 Å². The topological polar surface area (TPSA) is 101 Å². The van der Waals surface area contributed by atoms with Gasteiger partial charge in [0.15, 0.2) is 9.84 Å². The molecule has 0 unspecified atom stereocenters. The first kappa shape index (κ1) is 19.2. The molecule has 23 heavy (non-hydrogen) atoms. The van der Waals surface area contributed by atoms with E-state index in [1.165, 1.54) is 12.1 Å². The van der Waals surface area contributed by atoms with Crippen molar-refractivity contribution in [2.45, 2.75) is 38.4 Å². The van der Waals surface area contributed by atoms with E-state index in [2.05, 4.69) is 5.32 Å². The minimum atomic E-state index is -3.24. The molecule has 1 aromatic carbocycles. The lowest BCUT2D eigenvalue weighted by molar-refractivity contribution is -0.120. The number of hydrogen-bond acceptors (Lipinski definition) is 4. The lowest BCUT2D eigenvalue weighted by Gasteiger charge is -2.19. The first-order valence-corrected chi connectivity index (χ1v) is 8.99. The number of hydrogen-bond donors (Lipinski definition) is 2. The van der Waals surface area contributed by atoms with Crippen molar-refractivity contribution >= 4 is 21.7 Å². The summed E-state index contributed by atoms with van der Waals surface area (Å²) in [7, 11) is -3.24. The van der Waals surface area contributed by atoms with Gasteiger partial charge in [0.2, 0.25) is 5.91 Å². The van der Waals surface area contributed by atoms with Gasteiger partial charge in [0.05, 0.1) is 16.1 Å². The van der Waals surface area contributed by atoms with Crippen LogP contribution in [-0.4, -0.2) is 42.4 Å². The molecule has 0 aliphatic heterocycles. The van der Waals surface area contributed by atoms with E-state index in [0.29, 0.717) is 6.42 Å². The van der Waals surface area contributed by atoms with Gasteiger partial charge in [-0.15, -0.1) is 0 Å². The van der Waals surface area contributed by atoms with E-state index in [1.54, 1.807) is 32.9 Å². The van der Waals surface area contributed by atoms with Crippen LogP contribution in [0.15, 0.2) is 24.3 Å². The molecule has 0 bridgehead atoms. The standard InChI is InChI=1S/C16H23NO5S/c1-16(2,3)23(21,22)11-10-17-14(18)9-6-12-4-7-13(8-5-12)15(19)20/h4-5,7-8H,6,9-11H2,1-3H3,(H,17,18)(H,19,20). The van der Waals surface area contributed by atoms with Gasteiger partial charge in [-0.2, -0.15) is 0 Å². The molecule has 128 valence electrons. The highest BCUT2D eigenvalue weighted by Gasteiger charge is 2.28. The molecule has 7 heteroatoms. The van der Waals surface area contributed by atoms with Crippen molar-refractivity contribution in [3.63, 3.8) is 0 Å². The largest absolute Gasteiger partial charge is 0.478 e. The highest BCUT2D eigenvalue weighted by molar-refractivity contribution is 7.92. The van der Waals surface area contributed by atoms with E-state index in [4.69, 9.17) is 5.11 Å². The van der Waals surface area contributed by atoms with Crippen LogP contribution >= 0.6 is 0 Å². The second kappa shape index (κ2) is 7.59. The summed E-state index contributed by atoms with van der Waals surface area (Å²) < 4.78 is 23.0. The number of carbonyl (C=O) groups excluding carboxylic acids is 1. The number of carboxylic acids is 1. The van der Waals surface area contributed by atoms with Crippen LogP contribution in [-0.2, 0) is 21.1 Å². The molecule has 0 saturated heterocycles. The van der Waals surface area contributed by atoms with Gasteiger partial charge in [-0.1, -0.05) is 12.1 Å². The van der Waals surface area contributed by atoms with Gasteiger partial charge in [0.25, 0.3) is 0 Å². The van der Waals surface area contributed by atoms with Crippen molar-refractivity contribution in [3.05, 3.63) is 35.4 Å². The molecule has 0 aliphatic carbocycles. The Labute approximate surface area is 136 Å². The van der Waals surface area contributed by atoms with Crippen molar-refractivity contribution < 1.29 is 23.1 Å². The summed E-state index contributed by atoms with van der Waals surface area (Å²) in [5.41, 5.74) is 1.05. The third kappa shape index (κ3) is 6.02. The highest BCUT2D eigenvalue weighted by atomic mass is 32.2. The van der Waals surface area contributed by atoms with Gasteiger partial charge in [0, 0.05) is 13.0 Å². The second-order valence-corrected chi connectivity index (χ2v) is 9.15. The third-order valence-electron chi connectivity index (χ3n) is 3.47. The first-order chi connectivity index (χ1) is 10.5. The summed E-state index contributed by atoms with van der Waals surface area (Å²) in [5, 5.41) is 11.4. The smallest absolute Gasteiger partial charge is 0.335 e. The van der Waals surface area contributed by atoms with Gasteiger partial charge in [-0.3, -0.25) is 4.79 Å². The zero-order chi connectivity index (χ0) is 17.7. The normalized spacial score (nSPS) is 12.0. The minimum Gasteiger partial charge on any atom is -0.478 e. The van der Waals surface area contributed by atoms with E-state index in [0.717, 1.165) is 5.56 Å². The molecular formula is C16H23NO5S. The van der Waals surface area contributed by atoms with Crippen molar-refractivity contribution in [2.24, 2.45) is 0 Å². The maximum Gasteiger partial charge on any atom is 0.335 e. The van der Waals surface area contributed by atoms with E-state index in [9.17, 15) is 18.0 Å². The number of nitrogens with one attached hydrogen (secondary N) is 1. The number of aromatic carboxylic acids is 1. The molecule has 0 aromatic heterocycles. The van der Waals surface area contributed by atoms with Crippen LogP contribution < -0.4 is 5.32 Å². The predicted molar refractivity (Wildman–Crippen MR) is 88.3 cm³/mol. The van der Waals surface area contributed by atoms with Crippen molar-refractivity contribution in [3.8, 4) is 0 Å². The molecule has 0 spiro atoms. The first-order valence-electron chi connectivity index (χ1n) is 7.34. The molecule has 0 saturated carbocycles. The van der Waals surface area contributed by atoms with Crippen LogP contribution in [0.2, 0.25) is 0 Å². The Hall–Kier alpha value is -1.89. The zero-order valence-electron chi connectivity index (χ0n) is 13.6. The third-order valence-corrected chi connectivity index (χ3v) is 6.08. The fraction of sp³-hybridized carbons (Fsp3) is 0.500. The second-order valence-electron chi connectivity index (χ2n) is 6.28. The number of amides is 1. The molecular weight excluding hydrogens is 318 g/mol. The number of benzene rings is 1. The Morgan fingerprint density at radius 1 is 1.13 bits per heavy atom. The molecule has 6 nitrogen and oxygen atoms in total. The molecule has 0 fully saturated rings. The number of sulfone groups is 1. The molecule has 0 atom stereocenters. The molecule has 1 aromatic rings. The van der Waals surface area contributed by atoms with E-state index in [-0.39, 0.29) is 30.2 Å². The Morgan fingerprint density at radius 3 is 2.17 bits per heavy atom. The Kier molecular flexibility index (Phi) is 6.32. The van der Waals surface area contributed by atoms with Crippen LogP contribution in [0.4, 0.5) is 0 Å². The van der Waals surface area contributed by atoms with Crippen molar-refractivity contribution in [1.82, 2.24) is 5.32 Å². The summed E-state index contributed by atoms with van der Waals surface area (Å²) in [6, 6.07) is 6.32. The molecule has 0 radical (unpaired) electrons. The van der Waals surface area contributed by atoms with E-state index >= 15 is 0 Å². The number of rotatable bonds is 7. The summed E-state index contributed by atoms with van der Waals surface area (Å²) in [4.78, 5) is 22.5. The highest BCUT2D eigenvalue weighted by Crippen LogP contribution is 2.15. The molecule has 0 aliphatic rings. The molecule has 0 heterocycles. The summed E-state index contributed by atoms with van der Waals surface area (Å²) in [5.74, 6) is -1.30. The van der Waals surface area contributed by atoms with E-state index < -0.39 is 20.6 Å². The number of aryl methyl sites for hydroxylation is 1. The SMILES string of the molecule is CC(C)(C)S(=O)(=O)CCNC(=O)CCc1ccc(C(=O)O)cc1. The number of carboxylic acid groups (broad SMARTS) is 1. The maximum atomic E-state index is 11.9.